The first-order valence-electron chi connectivity index (χ1n) is 6.80. The van der Waals surface area contributed by atoms with Crippen molar-refractivity contribution in [1.82, 2.24) is 9.62 Å². The molecule has 1 aromatic rings. The van der Waals surface area contributed by atoms with Crippen LogP contribution in [0.2, 0.25) is 0 Å². The Hall–Kier alpha value is -1.42. The van der Waals surface area contributed by atoms with Gasteiger partial charge in [-0.3, -0.25) is 0 Å². The van der Waals surface area contributed by atoms with Crippen molar-refractivity contribution < 1.29 is 8.42 Å². The van der Waals surface area contributed by atoms with Gasteiger partial charge in [-0.15, -0.1) is 0 Å². The molecule has 0 radical (unpaired) electrons. The SMILES string of the molecule is N#Cc1ccc(S(=O)(=O)N2C[C@@H]3CNC[C@@H](C3)C2)cc1. The van der Waals surface area contributed by atoms with Crippen molar-refractivity contribution in [2.24, 2.45) is 11.8 Å². The number of fused-ring (bicyclic) bond motifs is 2. The van der Waals surface area contributed by atoms with E-state index >= 15 is 0 Å². The van der Waals surface area contributed by atoms with Gasteiger partial charge in [0, 0.05) is 13.1 Å². The minimum absolute atomic E-state index is 0.282. The molecule has 0 aliphatic carbocycles. The van der Waals surface area contributed by atoms with Gasteiger partial charge in [0.05, 0.1) is 16.5 Å². The number of piperidine rings is 2. The molecule has 6 heteroatoms. The lowest BCUT2D eigenvalue weighted by Gasteiger charge is -2.40. The Morgan fingerprint density at radius 1 is 1.15 bits per heavy atom. The van der Waals surface area contributed by atoms with Crippen LogP contribution in [0.25, 0.3) is 0 Å². The van der Waals surface area contributed by atoms with Crippen molar-refractivity contribution in [2.45, 2.75) is 11.3 Å². The molecule has 2 aliphatic rings. The summed E-state index contributed by atoms with van der Waals surface area (Å²) in [7, 11) is -3.43. The number of rotatable bonds is 2. The van der Waals surface area contributed by atoms with Gasteiger partial charge in [0.2, 0.25) is 10.0 Å². The summed E-state index contributed by atoms with van der Waals surface area (Å²) in [6.07, 6.45) is 1.12. The predicted molar refractivity (Wildman–Crippen MR) is 74.4 cm³/mol. The van der Waals surface area contributed by atoms with E-state index in [1.165, 1.54) is 12.1 Å². The van der Waals surface area contributed by atoms with Gasteiger partial charge in [0.15, 0.2) is 0 Å². The van der Waals surface area contributed by atoms with Crippen molar-refractivity contribution >= 4 is 10.0 Å². The Morgan fingerprint density at radius 2 is 1.75 bits per heavy atom. The zero-order chi connectivity index (χ0) is 14.2. The number of sulfonamides is 1. The maximum absolute atomic E-state index is 12.6. The highest BCUT2D eigenvalue weighted by Gasteiger charge is 2.36. The van der Waals surface area contributed by atoms with E-state index in [1.807, 2.05) is 6.07 Å². The predicted octanol–water partition coefficient (Wildman–Crippen LogP) is 0.788. The second-order valence-corrected chi connectivity index (χ2v) is 7.52. The first-order chi connectivity index (χ1) is 9.59. The second kappa shape index (κ2) is 5.17. The van der Waals surface area contributed by atoms with E-state index in [2.05, 4.69) is 5.32 Å². The van der Waals surface area contributed by atoms with Crippen molar-refractivity contribution in [1.29, 1.82) is 5.26 Å². The molecule has 1 aromatic carbocycles. The van der Waals surface area contributed by atoms with Gasteiger partial charge in [-0.25, -0.2) is 8.42 Å². The highest BCUT2D eigenvalue weighted by atomic mass is 32.2. The normalized spacial score (nSPS) is 26.9. The molecule has 0 saturated carbocycles. The standard InChI is InChI=1S/C14H17N3O2S/c15-6-11-1-3-14(4-2-11)20(18,19)17-9-12-5-13(10-17)8-16-7-12/h1-4,12-13,16H,5,7-10H2/t12-,13+. The topological polar surface area (TPSA) is 73.2 Å². The van der Waals surface area contributed by atoms with E-state index in [0.717, 1.165) is 19.5 Å². The second-order valence-electron chi connectivity index (χ2n) is 5.58. The molecule has 2 fully saturated rings. The molecule has 2 atom stereocenters. The summed E-state index contributed by atoms with van der Waals surface area (Å²) in [5.41, 5.74) is 0.476. The van der Waals surface area contributed by atoms with Crippen LogP contribution >= 0.6 is 0 Å². The Morgan fingerprint density at radius 3 is 2.30 bits per heavy atom. The van der Waals surface area contributed by atoms with Gasteiger partial charge in [0.1, 0.15) is 0 Å². The fourth-order valence-corrected chi connectivity index (χ4v) is 4.70. The number of hydrogen-bond acceptors (Lipinski definition) is 4. The lowest BCUT2D eigenvalue weighted by Crippen LogP contribution is -2.52. The summed E-state index contributed by atoms with van der Waals surface area (Å²) in [5.74, 6) is 0.825. The third kappa shape index (κ3) is 2.44. The smallest absolute Gasteiger partial charge is 0.243 e. The van der Waals surface area contributed by atoms with Crippen LogP contribution in [0, 0.1) is 23.2 Å². The molecule has 5 nitrogen and oxygen atoms in total. The first-order valence-corrected chi connectivity index (χ1v) is 8.24. The summed E-state index contributed by atoms with van der Waals surface area (Å²) in [6.45, 7) is 2.98. The molecule has 2 saturated heterocycles. The number of nitrogens with one attached hydrogen (secondary N) is 1. The third-order valence-corrected chi connectivity index (χ3v) is 5.92. The summed E-state index contributed by atoms with van der Waals surface area (Å²) < 4.78 is 26.9. The van der Waals surface area contributed by atoms with Gasteiger partial charge in [0.25, 0.3) is 0 Å². The highest BCUT2D eigenvalue weighted by Crippen LogP contribution is 2.28. The van der Waals surface area contributed by atoms with E-state index in [9.17, 15) is 8.42 Å². The van der Waals surface area contributed by atoms with E-state index < -0.39 is 10.0 Å². The maximum atomic E-state index is 12.6. The zero-order valence-electron chi connectivity index (χ0n) is 11.1. The molecule has 0 amide bonds. The van der Waals surface area contributed by atoms with Gasteiger partial charge >= 0.3 is 0 Å². The third-order valence-electron chi connectivity index (χ3n) is 4.08. The Kier molecular flexibility index (Phi) is 3.50. The van der Waals surface area contributed by atoms with Crippen LogP contribution in [0.3, 0.4) is 0 Å². The van der Waals surface area contributed by atoms with Gasteiger partial charge < -0.3 is 5.32 Å². The number of benzene rings is 1. The van der Waals surface area contributed by atoms with Crippen LogP contribution in [-0.2, 0) is 10.0 Å². The number of nitrogens with zero attached hydrogens (tertiary/aromatic N) is 2. The molecule has 106 valence electrons. The highest BCUT2D eigenvalue weighted by molar-refractivity contribution is 7.89. The molecule has 3 rings (SSSR count). The molecule has 2 aliphatic heterocycles. The summed E-state index contributed by atoms with van der Waals surface area (Å²) in [5, 5.41) is 12.1. The van der Waals surface area contributed by atoms with Crippen molar-refractivity contribution in [2.75, 3.05) is 26.2 Å². The van der Waals surface area contributed by atoms with Crippen LogP contribution in [0.4, 0.5) is 0 Å². The Bertz CT molecular complexity index is 621. The summed E-state index contributed by atoms with van der Waals surface area (Å²) in [4.78, 5) is 0.282. The van der Waals surface area contributed by atoms with Crippen LogP contribution in [0.15, 0.2) is 29.2 Å². The minimum Gasteiger partial charge on any atom is -0.316 e. The van der Waals surface area contributed by atoms with Crippen LogP contribution in [0.1, 0.15) is 12.0 Å². The zero-order valence-corrected chi connectivity index (χ0v) is 11.9. The molecule has 20 heavy (non-hydrogen) atoms. The molecule has 1 N–H and O–H groups in total. The molecule has 2 heterocycles. The average molecular weight is 291 g/mol. The molecule has 0 aromatic heterocycles. The quantitative estimate of drug-likeness (QED) is 0.874. The van der Waals surface area contributed by atoms with E-state index in [4.69, 9.17) is 5.26 Å². The summed E-state index contributed by atoms with van der Waals surface area (Å²) in [6, 6.07) is 8.16. The lowest BCUT2D eigenvalue weighted by molar-refractivity contribution is 0.158. The van der Waals surface area contributed by atoms with Gasteiger partial charge in [-0.2, -0.15) is 9.57 Å². The molecule has 0 spiro atoms. The maximum Gasteiger partial charge on any atom is 0.243 e. The fraction of sp³-hybridized carbons (Fsp3) is 0.500. The summed E-state index contributed by atoms with van der Waals surface area (Å²) >= 11 is 0. The van der Waals surface area contributed by atoms with Crippen LogP contribution in [-0.4, -0.2) is 38.9 Å². The van der Waals surface area contributed by atoms with E-state index in [-0.39, 0.29) is 4.90 Å². The van der Waals surface area contributed by atoms with Gasteiger partial charge in [-0.05, 0) is 55.6 Å². The Labute approximate surface area is 119 Å². The molecule has 0 unspecified atom stereocenters. The first kappa shape index (κ1) is 13.6. The number of hydrogen-bond donors (Lipinski definition) is 1. The monoisotopic (exact) mass is 291 g/mol. The van der Waals surface area contributed by atoms with Crippen molar-refractivity contribution in [3.8, 4) is 6.07 Å². The largest absolute Gasteiger partial charge is 0.316 e. The Balaban J connectivity index is 1.85. The van der Waals surface area contributed by atoms with Crippen molar-refractivity contribution in [3.05, 3.63) is 29.8 Å². The number of nitriles is 1. The molecular formula is C14H17N3O2S. The lowest BCUT2D eigenvalue weighted by atomic mass is 9.87. The minimum atomic E-state index is -3.43. The van der Waals surface area contributed by atoms with Crippen molar-refractivity contribution in [3.63, 3.8) is 0 Å². The molecule has 2 bridgehead atoms. The fourth-order valence-electron chi connectivity index (χ4n) is 3.11. The molecular weight excluding hydrogens is 274 g/mol. The van der Waals surface area contributed by atoms with E-state index in [1.54, 1.807) is 16.4 Å². The van der Waals surface area contributed by atoms with Crippen LogP contribution < -0.4 is 5.32 Å². The average Bonchev–Trinajstić information content (AvgIpc) is 2.47. The van der Waals surface area contributed by atoms with Crippen LogP contribution in [0.5, 0.6) is 0 Å². The van der Waals surface area contributed by atoms with Gasteiger partial charge in [-0.1, -0.05) is 0 Å². The van der Waals surface area contributed by atoms with E-state index in [0.29, 0.717) is 30.5 Å².